The summed E-state index contributed by atoms with van der Waals surface area (Å²) in [5.74, 6) is 0.875. The predicted octanol–water partition coefficient (Wildman–Crippen LogP) is 4.53. The predicted molar refractivity (Wildman–Crippen MR) is 86.0 cm³/mol. The first-order valence-electron chi connectivity index (χ1n) is 9.11. The lowest BCUT2D eigenvalue weighted by Gasteiger charge is -2.54. The van der Waals surface area contributed by atoms with Gasteiger partial charge >= 0.3 is 0 Å². The first-order chi connectivity index (χ1) is 9.76. The molecule has 1 spiro atoms. The number of rotatable bonds is 9. The van der Waals surface area contributed by atoms with Crippen LogP contribution < -0.4 is 5.32 Å². The number of nitrogens with one attached hydrogen (secondary N) is 1. The Morgan fingerprint density at radius 3 is 2.55 bits per heavy atom. The van der Waals surface area contributed by atoms with Crippen LogP contribution in [0.4, 0.5) is 0 Å². The van der Waals surface area contributed by atoms with Gasteiger partial charge in [0.1, 0.15) is 0 Å². The Morgan fingerprint density at radius 1 is 1.20 bits per heavy atom. The third kappa shape index (κ3) is 3.39. The summed E-state index contributed by atoms with van der Waals surface area (Å²) in [7, 11) is 0. The van der Waals surface area contributed by atoms with E-state index in [1.165, 1.54) is 64.3 Å². The van der Waals surface area contributed by atoms with E-state index in [1.54, 1.807) is 0 Å². The third-order valence-corrected chi connectivity index (χ3v) is 5.88. The van der Waals surface area contributed by atoms with Crippen molar-refractivity contribution in [2.45, 2.75) is 90.7 Å². The fourth-order valence-electron chi connectivity index (χ4n) is 4.43. The molecule has 20 heavy (non-hydrogen) atoms. The maximum atomic E-state index is 6.00. The van der Waals surface area contributed by atoms with Gasteiger partial charge in [0, 0.05) is 18.1 Å². The van der Waals surface area contributed by atoms with Crippen molar-refractivity contribution < 1.29 is 4.74 Å². The molecule has 0 aromatic rings. The molecule has 1 N–H and O–H groups in total. The standard InChI is InChI=1S/C18H35NO/c1-4-7-10-15(5-2)14-19-16-13-17(20-6-3)18(16)11-8-9-12-18/h15-17,19H,4-14H2,1-3H3. The van der Waals surface area contributed by atoms with Gasteiger partial charge in [0.2, 0.25) is 0 Å². The zero-order valence-corrected chi connectivity index (χ0v) is 13.9. The molecule has 0 bridgehead atoms. The van der Waals surface area contributed by atoms with Gasteiger partial charge < -0.3 is 10.1 Å². The second-order valence-electron chi connectivity index (χ2n) is 7.00. The minimum absolute atomic E-state index is 0.499. The molecule has 3 atom stereocenters. The monoisotopic (exact) mass is 281 g/mol. The molecule has 3 unspecified atom stereocenters. The summed E-state index contributed by atoms with van der Waals surface area (Å²) in [6.07, 6.45) is 12.8. The summed E-state index contributed by atoms with van der Waals surface area (Å²) >= 11 is 0. The smallest absolute Gasteiger partial charge is 0.0661 e. The Bertz CT molecular complexity index is 273. The van der Waals surface area contributed by atoms with Crippen LogP contribution in [0.3, 0.4) is 0 Å². The highest BCUT2D eigenvalue weighted by Crippen LogP contribution is 2.54. The highest BCUT2D eigenvalue weighted by molar-refractivity contribution is 5.10. The molecule has 0 amide bonds. The Morgan fingerprint density at radius 2 is 1.95 bits per heavy atom. The Labute approximate surface area is 126 Å². The van der Waals surface area contributed by atoms with Gasteiger partial charge in [0.25, 0.3) is 0 Å². The average Bonchev–Trinajstić information content (AvgIpc) is 2.97. The van der Waals surface area contributed by atoms with Gasteiger partial charge in [-0.2, -0.15) is 0 Å². The quantitative estimate of drug-likeness (QED) is 0.670. The first-order valence-corrected chi connectivity index (χ1v) is 9.11. The lowest BCUT2D eigenvalue weighted by molar-refractivity contribution is -0.130. The number of unbranched alkanes of at least 4 members (excludes halogenated alkanes) is 1. The van der Waals surface area contributed by atoms with E-state index in [2.05, 4.69) is 26.1 Å². The van der Waals surface area contributed by atoms with Crippen LogP contribution in [0.2, 0.25) is 0 Å². The lowest BCUT2D eigenvalue weighted by Crippen LogP contribution is -2.63. The van der Waals surface area contributed by atoms with E-state index in [0.29, 0.717) is 11.5 Å². The molecular formula is C18H35NO. The largest absolute Gasteiger partial charge is 0.378 e. The van der Waals surface area contributed by atoms with Gasteiger partial charge in [0.05, 0.1) is 6.10 Å². The molecule has 0 aromatic carbocycles. The van der Waals surface area contributed by atoms with Gasteiger partial charge in [0.15, 0.2) is 0 Å². The van der Waals surface area contributed by atoms with Gasteiger partial charge in [-0.05, 0) is 45.1 Å². The molecule has 2 aliphatic rings. The molecule has 2 nitrogen and oxygen atoms in total. The molecule has 2 rings (SSSR count). The maximum absolute atomic E-state index is 6.00. The molecule has 0 saturated heterocycles. The third-order valence-electron chi connectivity index (χ3n) is 5.88. The van der Waals surface area contributed by atoms with Crippen molar-refractivity contribution in [2.24, 2.45) is 11.3 Å². The molecule has 0 aromatic heterocycles. The normalized spacial score (nSPS) is 29.6. The van der Waals surface area contributed by atoms with Crippen LogP contribution in [0.5, 0.6) is 0 Å². The zero-order valence-electron chi connectivity index (χ0n) is 13.9. The molecule has 2 saturated carbocycles. The second kappa shape index (κ2) is 7.79. The summed E-state index contributed by atoms with van der Waals surface area (Å²) in [6.45, 7) is 8.89. The highest BCUT2D eigenvalue weighted by atomic mass is 16.5. The molecular weight excluding hydrogens is 246 g/mol. The van der Waals surface area contributed by atoms with Crippen molar-refractivity contribution in [3.05, 3.63) is 0 Å². The van der Waals surface area contributed by atoms with Crippen LogP contribution >= 0.6 is 0 Å². The Hall–Kier alpha value is -0.0800. The minimum atomic E-state index is 0.499. The van der Waals surface area contributed by atoms with Gasteiger partial charge in [-0.3, -0.25) is 0 Å². The van der Waals surface area contributed by atoms with Crippen LogP contribution in [0.25, 0.3) is 0 Å². The number of hydrogen-bond donors (Lipinski definition) is 1. The van der Waals surface area contributed by atoms with Crippen LogP contribution in [0.1, 0.15) is 78.6 Å². The molecule has 118 valence electrons. The van der Waals surface area contributed by atoms with Gasteiger partial charge in [-0.1, -0.05) is 46.0 Å². The maximum Gasteiger partial charge on any atom is 0.0661 e. The van der Waals surface area contributed by atoms with E-state index in [9.17, 15) is 0 Å². The molecule has 0 aliphatic heterocycles. The summed E-state index contributed by atoms with van der Waals surface area (Å²) in [5, 5.41) is 3.92. The molecule has 0 radical (unpaired) electrons. The van der Waals surface area contributed by atoms with Crippen LogP contribution in [0.15, 0.2) is 0 Å². The van der Waals surface area contributed by atoms with Gasteiger partial charge in [-0.25, -0.2) is 0 Å². The van der Waals surface area contributed by atoms with Crippen molar-refractivity contribution in [2.75, 3.05) is 13.2 Å². The number of hydrogen-bond acceptors (Lipinski definition) is 2. The minimum Gasteiger partial charge on any atom is -0.378 e. The average molecular weight is 281 g/mol. The summed E-state index contributed by atoms with van der Waals surface area (Å²) < 4.78 is 6.00. The fraction of sp³-hybridized carbons (Fsp3) is 1.00. The molecule has 2 fully saturated rings. The van der Waals surface area contributed by atoms with Crippen LogP contribution in [-0.2, 0) is 4.74 Å². The lowest BCUT2D eigenvalue weighted by atomic mass is 9.60. The summed E-state index contributed by atoms with van der Waals surface area (Å²) in [5.41, 5.74) is 0.499. The van der Waals surface area contributed by atoms with Crippen molar-refractivity contribution in [3.8, 4) is 0 Å². The van der Waals surface area contributed by atoms with E-state index in [-0.39, 0.29) is 0 Å². The van der Waals surface area contributed by atoms with E-state index >= 15 is 0 Å². The summed E-state index contributed by atoms with van der Waals surface area (Å²) in [6, 6.07) is 0.734. The molecule has 2 heteroatoms. The Kier molecular flexibility index (Phi) is 6.35. The van der Waals surface area contributed by atoms with E-state index in [0.717, 1.165) is 18.6 Å². The van der Waals surface area contributed by atoms with Crippen LogP contribution in [-0.4, -0.2) is 25.3 Å². The zero-order chi connectivity index (χ0) is 14.4. The van der Waals surface area contributed by atoms with Crippen LogP contribution in [0, 0.1) is 11.3 Å². The second-order valence-corrected chi connectivity index (χ2v) is 7.00. The van der Waals surface area contributed by atoms with Gasteiger partial charge in [-0.15, -0.1) is 0 Å². The molecule has 0 heterocycles. The Balaban J connectivity index is 1.80. The van der Waals surface area contributed by atoms with E-state index < -0.39 is 0 Å². The SMILES string of the molecule is CCCCC(CC)CNC1CC(OCC)C12CCCC2. The van der Waals surface area contributed by atoms with E-state index in [4.69, 9.17) is 4.74 Å². The molecule has 2 aliphatic carbocycles. The first kappa shape index (κ1) is 16.3. The topological polar surface area (TPSA) is 21.3 Å². The fourth-order valence-corrected chi connectivity index (χ4v) is 4.43. The van der Waals surface area contributed by atoms with Crippen molar-refractivity contribution >= 4 is 0 Å². The van der Waals surface area contributed by atoms with Crippen molar-refractivity contribution in [1.82, 2.24) is 5.32 Å². The highest BCUT2D eigenvalue weighted by Gasteiger charge is 2.56. The van der Waals surface area contributed by atoms with Crippen molar-refractivity contribution in [3.63, 3.8) is 0 Å². The van der Waals surface area contributed by atoms with Crippen molar-refractivity contribution in [1.29, 1.82) is 0 Å². The van der Waals surface area contributed by atoms with E-state index in [1.807, 2.05) is 0 Å². The summed E-state index contributed by atoms with van der Waals surface area (Å²) in [4.78, 5) is 0. The number of ether oxygens (including phenoxy) is 1.